The van der Waals surface area contributed by atoms with Crippen LogP contribution in [0.1, 0.15) is 27.2 Å². The highest BCUT2D eigenvalue weighted by Crippen LogP contribution is 2.30. The van der Waals surface area contributed by atoms with Gasteiger partial charge in [0.05, 0.1) is 0 Å². The van der Waals surface area contributed by atoms with Gasteiger partial charge in [-0.25, -0.2) is 0 Å². The molecule has 0 aliphatic rings. The number of aromatic nitrogens is 2. The molecule has 0 saturated heterocycles. The largest absolute Gasteiger partial charge is 0.372 e. The van der Waals surface area contributed by atoms with Gasteiger partial charge in [-0.2, -0.15) is 9.38 Å². The number of nitrogens with one attached hydrogen (secondary N) is 1. The number of rotatable bonds is 4. The number of thiazole rings is 1. The summed E-state index contributed by atoms with van der Waals surface area (Å²) in [5.74, 6) is 0.344. The third-order valence-electron chi connectivity index (χ3n) is 2.75. The molecule has 0 aliphatic heterocycles. The van der Waals surface area contributed by atoms with Crippen LogP contribution in [0, 0.1) is 10.1 Å². The fourth-order valence-corrected chi connectivity index (χ4v) is 2.15. The predicted octanol–water partition coefficient (Wildman–Crippen LogP) is 2.90. The Morgan fingerprint density at radius 2 is 2.35 bits per heavy atom. The highest BCUT2D eigenvalue weighted by molar-refractivity contribution is 7.15. The molecule has 7 heteroatoms. The minimum Gasteiger partial charge on any atom is -0.358 e. The van der Waals surface area contributed by atoms with E-state index in [2.05, 4.69) is 10.3 Å². The van der Waals surface area contributed by atoms with Crippen LogP contribution in [0.2, 0.25) is 0 Å². The standard InChI is InChI=1S/C10H14N4O2S/c1-4-10(2,3)12-7-8(14(15)16)13-5-6-17-9(13)11-7/h5-6,12H,4H2,1-3H3. The Balaban J connectivity index is 2.49. The van der Waals surface area contributed by atoms with Crippen LogP contribution in [0.15, 0.2) is 11.6 Å². The van der Waals surface area contributed by atoms with Crippen molar-refractivity contribution in [2.45, 2.75) is 32.7 Å². The van der Waals surface area contributed by atoms with Gasteiger partial charge in [-0.15, -0.1) is 0 Å². The molecule has 0 radical (unpaired) electrons. The molecule has 2 aromatic rings. The minimum atomic E-state index is -0.402. The van der Waals surface area contributed by atoms with Gasteiger partial charge in [0.15, 0.2) is 0 Å². The Hall–Kier alpha value is -1.63. The summed E-state index contributed by atoms with van der Waals surface area (Å²) in [4.78, 5) is 15.6. The van der Waals surface area contributed by atoms with Crippen molar-refractivity contribution in [1.82, 2.24) is 9.38 Å². The van der Waals surface area contributed by atoms with Gasteiger partial charge in [-0.3, -0.25) is 0 Å². The van der Waals surface area contributed by atoms with Gasteiger partial charge < -0.3 is 15.4 Å². The first kappa shape index (κ1) is 11.8. The van der Waals surface area contributed by atoms with E-state index in [4.69, 9.17) is 0 Å². The first-order valence-corrected chi connectivity index (χ1v) is 6.20. The van der Waals surface area contributed by atoms with Crippen LogP contribution in [-0.2, 0) is 0 Å². The minimum absolute atomic E-state index is 0.00257. The first-order valence-electron chi connectivity index (χ1n) is 5.33. The molecule has 0 atom stereocenters. The van der Waals surface area contributed by atoms with E-state index in [1.165, 1.54) is 15.7 Å². The third kappa shape index (κ3) is 2.10. The van der Waals surface area contributed by atoms with Crippen LogP contribution in [-0.4, -0.2) is 19.8 Å². The number of hydrogen-bond acceptors (Lipinski definition) is 5. The number of hydrogen-bond donors (Lipinski definition) is 1. The van der Waals surface area contributed by atoms with Gasteiger partial charge in [0.2, 0.25) is 5.82 Å². The van der Waals surface area contributed by atoms with Crippen molar-refractivity contribution in [2.75, 3.05) is 5.32 Å². The normalized spacial score (nSPS) is 11.9. The summed E-state index contributed by atoms with van der Waals surface area (Å²) in [7, 11) is 0. The molecular formula is C10H14N4O2S. The number of fused-ring (bicyclic) bond motifs is 1. The fourth-order valence-electron chi connectivity index (χ4n) is 1.44. The molecule has 0 bridgehead atoms. The Morgan fingerprint density at radius 1 is 1.65 bits per heavy atom. The van der Waals surface area contributed by atoms with Gasteiger partial charge in [0.1, 0.15) is 6.20 Å². The molecule has 2 rings (SSSR count). The maximum absolute atomic E-state index is 11.1. The zero-order chi connectivity index (χ0) is 12.6. The molecule has 1 N–H and O–H groups in total. The molecule has 6 nitrogen and oxygen atoms in total. The number of imidazole rings is 1. The van der Waals surface area contributed by atoms with Crippen molar-refractivity contribution in [3.63, 3.8) is 0 Å². The molecule has 0 amide bonds. The molecule has 0 aromatic carbocycles. The maximum Gasteiger partial charge on any atom is 0.372 e. The van der Waals surface area contributed by atoms with E-state index in [0.717, 1.165) is 6.42 Å². The second kappa shape index (κ2) is 3.99. The van der Waals surface area contributed by atoms with Crippen molar-refractivity contribution in [3.8, 4) is 0 Å². The molecule has 2 heterocycles. The van der Waals surface area contributed by atoms with Gasteiger partial charge in [-0.05, 0) is 25.2 Å². The SMILES string of the molecule is CCC(C)(C)Nc1nc2sccn2c1[N+](=O)[O-]. The van der Waals surface area contributed by atoms with Crippen LogP contribution < -0.4 is 5.32 Å². The highest BCUT2D eigenvalue weighted by atomic mass is 32.1. The zero-order valence-electron chi connectivity index (χ0n) is 9.93. The molecular weight excluding hydrogens is 240 g/mol. The van der Waals surface area contributed by atoms with Gasteiger partial charge in [0, 0.05) is 10.9 Å². The van der Waals surface area contributed by atoms with Gasteiger partial charge in [0.25, 0.3) is 4.96 Å². The lowest BCUT2D eigenvalue weighted by molar-refractivity contribution is -0.389. The van der Waals surface area contributed by atoms with Crippen molar-refractivity contribution < 1.29 is 4.92 Å². The first-order chi connectivity index (χ1) is 7.94. The Bertz CT molecular complexity index is 558. The molecule has 17 heavy (non-hydrogen) atoms. The van der Waals surface area contributed by atoms with Crippen LogP contribution in [0.4, 0.5) is 11.6 Å². The molecule has 0 fully saturated rings. The van der Waals surface area contributed by atoms with Crippen LogP contribution in [0.5, 0.6) is 0 Å². The highest BCUT2D eigenvalue weighted by Gasteiger charge is 2.27. The van der Waals surface area contributed by atoms with E-state index in [-0.39, 0.29) is 11.4 Å². The second-order valence-electron chi connectivity index (χ2n) is 4.46. The van der Waals surface area contributed by atoms with Crippen molar-refractivity contribution >= 4 is 27.9 Å². The third-order valence-corrected chi connectivity index (χ3v) is 3.51. The Labute approximate surface area is 102 Å². The average molecular weight is 254 g/mol. The Morgan fingerprint density at radius 3 is 2.94 bits per heavy atom. The van der Waals surface area contributed by atoms with E-state index in [1.807, 2.05) is 20.8 Å². The molecule has 0 aliphatic carbocycles. The van der Waals surface area contributed by atoms with Gasteiger partial charge in [-0.1, -0.05) is 18.3 Å². The van der Waals surface area contributed by atoms with E-state index < -0.39 is 4.92 Å². The molecule has 0 unspecified atom stereocenters. The van der Waals surface area contributed by atoms with Crippen LogP contribution in [0.3, 0.4) is 0 Å². The van der Waals surface area contributed by atoms with Crippen LogP contribution >= 0.6 is 11.3 Å². The average Bonchev–Trinajstić information content (AvgIpc) is 2.75. The fraction of sp³-hybridized carbons (Fsp3) is 0.500. The number of nitrogens with zero attached hydrogens (tertiary/aromatic N) is 3. The smallest absolute Gasteiger partial charge is 0.358 e. The zero-order valence-corrected chi connectivity index (χ0v) is 10.7. The number of anilines is 1. The van der Waals surface area contributed by atoms with E-state index in [9.17, 15) is 10.1 Å². The molecule has 0 spiro atoms. The molecule has 2 aromatic heterocycles. The summed E-state index contributed by atoms with van der Waals surface area (Å²) < 4.78 is 1.50. The quantitative estimate of drug-likeness (QED) is 0.672. The van der Waals surface area contributed by atoms with E-state index in [1.54, 1.807) is 11.6 Å². The molecule has 0 saturated carbocycles. The van der Waals surface area contributed by atoms with Crippen molar-refractivity contribution in [3.05, 3.63) is 21.7 Å². The van der Waals surface area contributed by atoms with Crippen molar-refractivity contribution in [1.29, 1.82) is 0 Å². The lowest BCUT2D eigenvalue weighted by Gasteiger charge is -2.23. The summed E-state index contributed by atoms with van der Waals surface area (Å²) in [5.41, 5.74) is -0.214. The summed E-state index contributed by atoms with van der Waals surface area (Å²) in [6, 6.07) is 0. The lowest BCUT2D eigenvalue weighted by Crippen LogP contribution is -2.30. The summed E-state index contributed by atoms with van der Waals surface area (Å²) in [6.07, 6.45) is 2.52. The van der Waals surface area contributed by atoms with Gasteiger partial charge >= 0.3 is 5.82 Å². The van der Waals surface area contributed by atoms with Crippen molar-refractivity contribution in [2.24, 2.45) is 0 Å². The topological polar surface area (TPSA) is 72.5 Å². The van der Waals surface area contributed by atoms with E-state index in [0.29, 0.717) is 10.8 Å². The maximum atomic E-state index is 11.1. The summed E-state index contributed by atoms with van der Waals surface area (Å²) in [6.45, 7) is 6.01. The predicted molar refractivity (Wildman–Crippen MR) is 67.7 cm³/mol. The van der Waals surface area contributed by atoms with E-state index >= 15 is 0 Å². The monoisotopic (exact) mass is 254 g/mol. The molecule has 92 valence electrons. The summed E-state index contributed by atoms with van der Waals surface area (Å²) >= 11 is 1.38. The number of nitro groups is 1. The summed E-state index contributed by atoms with van der Waals surface area (Å²) in [5, 5.41) is 16.0. The Kier molecular flexibility index (Phi) is 2.78. The van der Waals surface area contributed by atoms with Crippen LogP contribution in [0.25, 0.3) is 4.96 Å². The second-order valence-corrected chi connectivity index (χ2v) is 5.33. The lowest BCUT2D eigenvalue weighted by atomic mass is 10.0.